The Morgan fingerprint density at radius 3 is 2.52 bits per heavy atom. The first-order valence-corrected chi connectivity index (χ1v) is 6.52. The minimum absolute atomic E-state index is 0.0550. The zero-order chi connectivity index (χ0) is 15.6. The maximum absolute atomic E-state index is 13.5. The summed E-state index contributed by atoms with van der Waals surface area (Å²) in [5.41, 5.74) is -0.239. The number of hydrogen-bond donors (Lipinski definition) is 1. The average Bonchev–Trinajstić information content (AvgIpc) is 2.44. The Morgan fingerprint density at radius 2 is 1.86 bits per heavy atom. The molecule has 1 N–H and O–H groups in total. The number of nitrogens with zero attached hydrogens (tertiary/aromatic N) is 1. The number of hydrogen-bond acceptors (Lipinski definition) is 2. The van der Waals surface area contributed by atoms with E-state index in [2.05, 4.69) is 0 Å². The van der Waals surface area contributed by atoms with Crippen molar-refractivity contribution in [3.8, 4) is 0 Å². The zero-order valence-electron chi connectivity index (χ0n) is 11.1. The molecule has 1 aliphatic heterocycles. The summed E-state index contributed by atoms with van der Waals surface area (Å²) in [6.45, 7) is 0.438. The molecule has 1 heterocycles. The van der Waals surface area contributed by atoms with Crippen molar-refractivity contribution in [3.05, 3.63) is 35.1 Å². The Balaban J connectivity index is 2.07. The quantitative estimate of drug-likeness (QED) is 0.868. The molecule has 0 radical (unpaired) electrons. The highest BCUT2D eigenvalue weighted by Crippen LogP contribution is 2.19. The van der Waals surface area contributed by atoms with Crippen LogP contribution >= 0.6 is 0 Å². The van der Waals surface area contributed by atoms with Crippen molar-refractivity contribution in [2.45, 2.75) is 19.3 Å². The largest absolute Gasteiger partial charge is 0.481 e. The van der Waals surface area contributed by atoms with Crippen molar-refractivity contribution in [1.29, 1.82) is 0 Å². The number of amides is 1. The Bertz CT molecular complexity index is 577. The molecule has 1 aromatic carbocycles. The van der Waals surface area contributed by atoms with Gasteiger partial charge < -0.3 is 10.0 Å². The normalized spacial score (nSPS) is 18.6. The van der Waals surface area contributed by atoms with E-state index >= 15 is 0 Å². The van der Waals surface area contributed by atoms with Gasteiger partial charge in [-0.1, -0.05) is 0 Å². The minimum atomic E-state index is -1.31. The van der Waals surface area contributed by atoms with E-state index in [0.717, 1.165) is 0 Å². The van der Waals surface area contributed by atoms with Gasteiger partial charge in [-0.3, -0.25) is 9.59 Å². The van der Waals surface area contributed by atoms with Gasteiger partial charge in [-0.2, -0.15) is 0 Å². The van der Waals surface area contributed by atoms with Crippen LogP contribution in [0.25, 0.3) is 0 Å². The maximum Gasteiger partial charge on any atom is 0.308 e. The molecule has 1 atom stereocenters. The van der Waals surface area contributed by atoms with Crippen molar-refractivity contribution in [2.75, 3.05) is 13.1 Å². The lowest BCUT2D eigenvalue weighted by Crippen LogP contribution is -2.43. The fourth-order valence-electron chi connectivity index (χ4n) is 2.38. The number of carboxylic acids is 1. The van der Waals surface area contributed by atoms with E-state index in [9.17, 15) is 22.8 Å². The number of carbonyl (C=O) groups is 2. The van der Waals surface area contributed by atoms with Crippen LogP contribution in [0.3, 0.4) is 0 Å². The van der Waals surface area contributed by atoms with Crippen molar-refractivity contribution >= 4 is 11.9 Å². The van der Waals surface area contributed by atoms with Crippen molar-refractivity contribution < 1.29 is 27.9 Å². The van der Waals surface area contributed by atoms with Gasteiger partial charge in [0.2, 0.25) is 5.91 Å². The van der Waals surface area contributed by atoms with Crippen LogP contribution < -0.4 is 0 Å². The molecule has 1 aliphatic rings. The SMILES string of the molecule is O=C(O)C1CCCN(C(=O)Cc2cc(F)c(F)cc2F)C1. The van der Waals surface area contributed by atoms with Gasteiger partial charge in [0.15, 0.2) is 11.6 Å². The summed E-state index contributed by atoms with van der Waals surface area (Å²) in [6.07, 6.45) is 0.608. The number of halogens is 3. The first-order valence-electron chi connectivity index (χ1n) is 6.52. The highest BCUT2D eigenvalue weighted by Gasteiger charge is 2.28. The molecular weight excluding hydrogens is 287 g/mol. The second-order valence-electron chi connectivity index (χ2n) is 5.05. The van der Waals surface area contributed by atoms with Gasteiger partial charge in [-0.05, 0) is 18.9 Å². The van der Waals surface area contributed by atoms with E-state index in [1.54, 1.807) is 0 Å². The van der Waals surface area contributed by atoms with Gasteiger partial charge >= 0.3 is 5.97 Å². The number of likely N-dealkylation sites (tertiary alicyclic amines) is 1. The Morgan fingerprint density at radius 1 is 1.19 bits per heavy atom. The van der Waals surface area contributed by atoms with Gasteiger partial charge in [0, 0.05) is 24.7 Å². The van der Waals surface area contributed by atoms with E-state index < -0.39 is 41.7 Å². The fraction of sp³-hybridized carbons (Fsp3) is 0.429. The summed E-state index contributed by atoms with van der Waals surface area (Å²) in [5, 5.41) is 8.95. The number of carbonyl (C=O) groups excluding carboxylic acids is 1. The average molecular weight is 301 g/mol. The van der Waals surface area contributed by atoms with Crippen LogP contribution in [0.2, 0.25) is 0 Å². The van der Waals surface area contributed by atoms with E-state index in [0.29, 0.717) is 31.5 Å². The summed E-state index contributed by atoms with van der Waals surface area (Å²) in [4.78, 5) is 24.3. The molecule has 1 amide bonds. The monoisotopic (exact) mass is 301 g/mol. The van der Waals surface area contributed by atoms with E-state index in [-0.39, 0.29) is 12.1 Å². The summed E-state index contributed by atoms with van der Waals surface area (Å²) < 4.78 is 39.4. The Kier molecular flexibility index (Phi) is 4.50. The topological polar surface area (TPSA) is 57.6 Å². The second kappa shape index (κ2) is 6.15. The maximum atomic E-state index is 13.5. The van der Waals surface area contributed by atoms with Crippen molar-refractivity contribution in [3.63, 3.8) is 0 Å². The van der Waals surface area contributed by atoms with E-state index in [1.165, 1.54) is 4.90 Å². The molecular formula is C14H14F3NO3. The fourth-order valence-corrected chi connectivity index (χ4v) is 2.38. The van der Waals surface area contributed by atoms with Crippen LogP contribution in [0.5, 0.6) is 0 Å². The summed E-state index contributed by atoms with van der Waals surface area (Å²) in [5.74, 6) is -5.64. The number of rotatable bonds is 3. The molecule has 1 aromatic rings. The standard InChI is InChI=1S/C14H14F3NO3/c15-10-6-12(17)11(16)4-9(10)5-13(19)18-3-1-2-8(7-18)14(20)21/h4,6,8H,1-3,5,7H2,(H,20,21). The molecule has 0 aliphatic carbocycles. The number of piperidine rings is 1. The van der Waals surface area contributed by atoms with E-state index in [1.807, 2.05) is 0 Å². The molecule has 1 fully saturated rings. The van der Waals surface area contributed by atoms with Crippen LogP contribution in [-0.2, 0) is 16.0 Å². The molecule has 0 aromatic heterocycles. The molecule has 1 unspecified atom stereocenters. The second-order valence-corrected chi connectivity index (χ2v) is 5.05. The smallest absolute Gasteiger partial charge is 0.308 e. The van der Waals surface area contributed by atoms with Gasteiger partial charge in [-0.25, -0.2) is 13.2 Å². The summed E-state index contributed by atoms with van der Waals surface area (Å²) in [6, 6.07) is 1.05. The van der Waals surface area contributed by atoms with Crippen LogP contribution in [0.4, 0.5) is 13.2 Å². The van der Waals surface area contributed by atoms with Crippen LogP contribution in [0.15, 0.2) is 12.1 Å². The molecule has 114 valence electrons. The third-order valence-corrected chi connectivity index (χ3v) is 3.55. The van der Waals surface area contributed by atoms with Gasteiger partial charge in [-0.15, -0.1) is 0 Å². The number of benzene rings is 1. The predicted molar refractivity (Wildman–Crippen MR) is 67.0 cm³/mol. The third kappa shape index (κ3) is 3.53. The first kappa shape index (κ1) is 15.3. The zero-order valence-corrected chi connectivity index (χ0v) is 11.1. The van der Waals surface area contributed by atoms with E-state index in [4.69, 9.17) is 5.11 Å². The van der Waals surface area contributed by atoms with Gasteiger partial charge in [0.1, 0.15) is 5.82 Å². The van der Waals surface area contributed by atoms with Gasteiger partial charge in [0.05, 0.1) is 12.3 Å². The van der Waals surface area contributed by atoms with Crippen LogP contribution in [0, 0.1) is 23.4 Å². The molecule has 21 heavy (non-hydrogen) atoms. The number of aliphatic carboxylic acids is 1. The molecule has 4 nitrogen and oxygen atoms in total. The van der Waals surface area contributed by atoms with Crippen molar-refractivity contribution in [2.24, 2.45) is 5.92 Å². The molecule has 1 saturated heterocycles. The van der Waals surface area contributed by atoms with Gasteiger partial charge in [0.25, 0.3) is 0 Å². The predicted octanol–water partition coefficient (Wildman–Crippen LogP) is 1.97. The first-order chi connectivity index (χ1) is 9.88. The number of carboxylic acid groups (broad SMARTS) is 1. The molecule has 0 spiro atoms. The lowest BCUT2D eigenvalue weighted by atomic mass is 9.97. The summed E-state index contributed by atoms with van der Waals surface area (Å²) in [7, 11) is 0. The van der Waals surface area contributed by atoms with Crippen molar-refractivity contribution in [1.82, 2.24) is 4.90 Å². The van der Waals surface area contributed by atoms with Crippen LogP contribution in [-0.4, -0.2) is 35.0 Å². The summed E-state index contributed by atoms with van der Waals surface area (Å²) >= 11 is 0. The highest BCUT2D eigenvalue weighted by molar-refractivity contribution is 5.80. The lowest BCUT2D eigenvalue weighted by molar-refractivity contribution is -0.145. The minimum Gasteiger partial charge on any atom is -0.481 e. The Hall–Kier alpha value is -2.05. The van der Waals surface area contributed by atoms with Crippen LogP contribution in [0.1, 0.15) is 18.4 Å². The third-order valence-electron chi connectivity index (χ3n) is 3.55. The highest BCUT2D eigenvalue weighted by atomic mass is 19.2. The Labute approximate surface area is 119 Å². The molecule has 0 bridgehead atoms. The molecule has 0 saturated carbocycles. The molecule has 7 heteroatoms. The lowest BCUT2D eigenvalue weighted by Gasteiger charge is -2.30. The molecule has 2 rings (SSSR count).